The van der Waals surface area contributed by atoms with Crippen LogP contribution < -0.4 is 14.8 Å². The Morgan fingerprint density at radius 3 is 2.45 bits per heavy atom. The molecule has 0 saturated heterocycles. The zero-order valence-electron chi connectivity index (χ0n) is 17.6. The summed E-state index contributed by atoms with van der Waals surface area (Å²) in [4.78, 5) is 21.0. The van der Waals surface area contributed by atoms with Crippen LogP contribution in [0.1, 0.15) is 21.6 Å². The predicted molar refractivity (Wildman–Crippen MR) is 112 cm³/mol. The van der Waals surface area contributed by atoms with Gasteiger partial charge in [-0.15, -0.1) is 0 Å². The largest absolute Gasteiger partial charge is 0.493 e. The molecule has 1 N–H and O–H groups in total. The lowest BCUT2D eigenvalue weighted by Gasteiger charge is -2.13. The first-order valence-electron chi connectivity index (χ1n) is 9.67. The molecular formula is C22H18F3N5O3. The van der Waals surface area contributed by atoms with E-state index < -0.39 is 17.8 Å². The quantitative estimate of drug-likeness (QED) is 0.474. The number of hydrogen-bond donors (Lipinski definition) is 1. The molecule has 3 heterocycles. The van der Waals surface area contributed by atoms with E-state index in [0.29, 0.717) is 21.6 Å². The van der Waals surface area contributed by atoms with Gasteiger partial charge in [0.05, 0.1) is 26.1 Å². The van der Waals surface area contributed by atoms with Crippen molar-refractivity contribution in [3.05, 3.63) is 71.8 Å². The fourth-order valence-electron chi connectivity index (χ4n) is 3.25. The second kappa shape index (κ2) is 8.77. The summed E-state index contributed by atoms with van der Waals surface area (Å²) in [6.45, 7) is 0.167. The second-order valence-electron chi connectivity index (χ2n) is 6.93. The predicted octanol–water partition coefficient (Wildman–Crippen LogP) is 3.76. The number of hydrogen-bond acceptors (Lipinski definition) is 6. The van der Waals surface area contributed by atoms with Gasteiger partial charge in [0, 0.05) is 24.5 Å². The van der Waals surface area contributed by atoms with Crippen LogP contribution in [0.25, 0.3) is 16.9 Å². The van der Waals surface area contributed by atoms with Crippen molar-refractivity contribution in [1.29, 1.82) is 0 Å². The summed E-state index contributed by atoms with van der Waals surface area (Å²) in [6.07, 6.45) is -0.520. The number of nitrogens with one attached hydrogen (secondary N) is 1. The molecule has 0 radical (unpaired) electrons. The molecular weight excluding hydrogens is 439 g/mol. The highest BCUT2D eigenvalue weighted by Gasteiger charge is 2.36. The molecule has 3 aromatic heterocycles. The molecule has 0 aliphatic rings. The third-order valence-electron chi connectivity index (χ3n) is 4.89. The van der Waals surface area contributed by atoms with E-state index >= 15 is 0 Å². The number of carbonyl (C=O) groups excluding carboxylic acids is 1. The van der Waals surface area contributed by atoms with Gasteiger partial charge in [-0.2, -0.15) is 18.3 Å². The maximum absolute atomic E-state index is 13.8. The zero-order chi connectivity index (χ0) is 23.6. The average molecular weight is 457 g/mol. The van der Waals surface area contributed by atoms with Crippen LogP contribution in [0.15, 0.2) is 55.0 Å². The van der Waals surface area contributed by atoms with E-state index in [1.807, 2.05) is 0 Å². The van der Waals surface area contributed by atoms with Crippen molar-refractivity contribution >= 4 is 11.6 Å². The van der Waals surface area contributed by atoms with Crippen LogP contribution >= 0.6 is 0 Å². The molecule has 0 fully saturated rings. The molecule has 1 amide bonds. The summed E-state index contributed by atoms with van der Waals surface area (Å²) in [7, 11) is 2.87. The van der Waals surface area contributed by atoms with Gasteiger partial charge >= 0.3 is 6.18 Å². The molecule has 1 aromatic carbocycles. The number of nitrogens with zero attached hydrogens (tertiary/aromatic N) is 4. The van der Waals surface area contributed by atoms with E-state index in [0.717, 1.165) is 17.8 Å². The number of ether oxygens (including phenoxy) is 2. The Hall–Kier alpha value is -4.15. The number of pyridine rings is 1. The maximum atomic E-state index is 13.8. The second-order valence-corrected chi connectivity index (χ2v) is 6.93. The maximum Gasteiger partial charge on any atom is 0.433 e. The molecule has 0 spiro atoms. The van der Waals surface area contributed by atoms with Crippen molar-refractivity contribution in [2.75, 3.05) is 14.2 Å². The van der Waals surface area contributed by atoms with Gasteiger partial charge in [0.25, 0.3) is 5.91 Å². The Morgan fingerprint density at radius 1 is 1.06 bits per heavy atom. The summed E-state index contributed by atoms with van der Waals surface area (Å²) in [5.41, 5.74) is -0.238. The van der Waals surface area contributed by atoms with E-state index in [9.17, 15) is 18.0 Å². The molecule has 4 rings (SSSR count). The molecule has 170 valence electrons. The van der Waals surface area contributed by atoms with Gasteiger partial charge in [-0.25, -0.2) is 9.50 Å². The fraction of sp³-hybridized carbons (Fsp3) is 0.182. The summed E-state index contributed by atoms with van der Waals surface area (Å²) < 4.78 is 52.5. The SMILES string of the molecule is COc1ccc(-c2cc(C(F)(F)F)n3ncc(C(=O)NCc4ccncc4)c3n2)cc1OC. The minimum atomic E-state index is -4.73. The van der Waals surface area contributed by atoms with E-state index in [-0.39, 0.29) is 23.4 Å². The lowest BCUT2D eigenvalue weighted by Crippen LogP contribution is -2.23. The van der Waals surface area contributed by atoms with Crippen LogP contribution in [0, 0.1) is 0 Å². The third-order valence-corrected chi connectivity index (χ3v) is 4.89. The van der Waals surface area contributed by atoms with Gasteiger partial charge in [0.2, 0.25) is 0 Å². The third kappa shape index (κ3) is 4.43. The topological polar surface area (TPSA) is 90.6 Å². The van der Waals surface area contributed by atoms with Gasteiger partial charge < -0.3 is 14.8 Å². The molecule has 0 bridgehead atoms. The van der Waals surface area contributed by atoms with Crippen molar-refractivity contribution in [3.63, 3.8) is 0 Å². The van der Waals surface area contributed by atoms with Crippen LogP contribution in [0.4, 0.5) is 13.2 Å². The van der Waals surface area contributed by atoms with Crippen LogP contribution in [0.3, 0.4) is 0 Å². The normalized spacial score (nSPS) is 11.4. The van der Waals surface area contributed by atoms with Crippen LogP contribution in [-0.2, 0) is 12.7 Å². The summed E-state index contributed by atoms with van der Waals surface area (Å²) >= 11 is 0. The highest BCUT2D eigenvalue weighted by atomic mass is 19.4. The first kappa shape index (κ1) is 22.1. The Bertz CT molecular complexity index is 1310. The lowest BCUT2D eigenvalue weighted by molar-refractivity contribution is -0.142. The number of carbonyl (C=O) groups is 1. The minimum absolute atomic E-state index is 0.000498. The highest BCUT2D eigenvalue weighted by Crippen LogP contribution is 2.35. The van der Waals surface area contributed by atoms with Crippen LogP contribution in [0.2, 0.25) is 0 Å². The number of benzene rings is 1. The highest BCUT2D eigenvalue weighted by molar-refractivity contribution is 5.99. The van der Waals surface area contributed by atoms with Crippen LogP contribution in [0.5, 0.6) is 11.5 Å². The molecule has 0 aliphatic carbocycles. The van der Waals surface area contributed by atoms with Gasteiger partial charge in [-0.1, -0.05) is 0 Å². The number of halogens is 3. The molecule has 0 aliphatic heterocycles. The Balaban J connectivity index is 1.79. The summed E-state index contributed by atoms with van der Waals surface area (Å²) in [5.74, 6) is 0.139. The summed E-state index contributed by atoms with van der Waals surface area (Å²) in [5, 5.41) is 6.44. The Kier molecular flexibility index (Phi) is 5.86. The van der Waals surface area contributed by atoms with Crippen molar-refractivity contribution in [2.24, 2.45) is 0 Å². The Morgan fingerprint density at radius 2 is 1.79 bits per heavy atom. The molecule has 0 saturated carbocycles. The first-order chi connectivity index (χ1) is 15.8. The molecule has 4 aromatic rings. The number of amides is 1. The molecule has 33 heavy (non-hydrogen) atoms. The van der Waals surface area contributed by atoms with E-state index in [4.69, 9.17) is 9.47 Å². The zero-order valence-corrected chi connectivity index (χ0v) is 17.6. The average Bonchev–Trinajstić information content (AvgIpc) is 3.25. The van der Waals surface area contributed by atoms with Crippen LogP contribution in [-0.4, -0.2) is 39.7 Å². The number of fused-ring (bicyclic) bond motifs is 1. The van der Waals surface area contributed by atoms with Crippen molar-refractivity contribution in [3.8, 4) is 22.8 Å². The van der Waals surface area contributed by atoms with Gasteiger partial charge in [0.1, 0.15) is 5.56 Å². The number of rotatable bonds is 6. The van der Waals surface area contributed by atoms with E-state index in [2.05, 4.69) is 20.4 Å². The number of alkyl halides is 3. The summed E-state index contributed by atoms with van der Waals surface area (Å²) in [6, 6.07) is 8.93. The van der Waals surface area contributed by atoms with Gasteiger partial charge in [-0.3, -0.25) is 9.78 Å². The standard InChI is InChI=1S/C22H18F3N5O3/c1-32-17-4-3-14(9-18(17)33-2)16-10-19(22(23,24)25)30-20(29-16)15(12-28-30)21(31)27-11-13-5-7-26-8-6-13/h3-10,12H,11H2,1-2H3,(H,27,31). The van der Waals surface area contributed by atoms with E-state index in [1.54, 1.807) is 36.7 Å². The monoisotopic (exact) mass is 457 g/mol. The smallest absolute Gasteiger partial charge is 0.433 e. The fourth-order valence-corrected chi connectivity index (χ4v) is 3.25. The number of aromatic nitrogens is 4. The molecule has 0 atom stereocenters. The van der Waals surface area contributed by atoms with Crippen molar-refractivity contribution in [1.82, 2.24) is 24.9 Å². The number of methoxy groups -OCH3 is 2. The Labute approximate surface area is 186 Å². The van der Waals surface area contributed by atoms with Gasteiger partial charge in [-0.05, 0) is 42.0 Å². The minimum Gasteiger partial charge on any atom is -0.493 e. The van der Waals surface area contributed by atoms with E-state index in [1.165, 1.54) is 20.3 Å². The molecule has 0 unspecified atom stereocenters. The lowest BCUT2D eigenvalue weighted by atomic mass is 10.1. The van der Waals surface area contributed by atoms with Crippen molar-refractivity contribution < 1.29 is 27.4 Å². The molecule has 8 nitrogen and oxygen atoms in total. The van der Waals surface area contributed by atoms with Gasteiger partial charge in [0.15, 0.2) is 22.8 Å². The first-order valence-corrected chi connectivity index (χ1v) is 9.67. The molecule has 11 heteroatoms. The van der Waals surface area contributed by atoms with Crippen molar-refractivity contribution in [2.45, 2.75) is 12.7 Å².